The average Bonchev–Trinajstić information content (AvgIpc) is 2.97. The summed E-state index contributed by atoms with van der Waals surface area (Å²) in [6, 6.07) is -0.0576. The molecule has 3 aliphatic heterocycles. The number of carbonyl (C=O) groups excluding carboxylic acids is 2. The van der Waals surface area contributed by atoms with E-state index >= 15 is 0 Å². The van der Waals surface area contributed by atoms with Crippen LogP contribution in [0.2, 0.25) is 0 Å². The Morgan fingerprint density at radius 3 is 1.96 bits per heavy atom. The first-order valence-corrected chi connectivity index (χ1v) is 9.56. The molecule has 0 N–H and O–H groups in total. The number of hydrogen-bond acceptors (Lipinski definition) is 3. The minimum Gasteiger partial charge on any atom is -0.342 e. The third kappa shape index (κ3) is 4.25. The van der Waals surface area contributed by atoms with Crippen molar-refractivity contribution in [3.8, 4) is 0 Å². The Morgan fingerprint density at radius 2 is 1.26 bits per heavy atom. The lowest BCUT2D eigenvalue weighted by molar-refractivity contribution is -0.140. The molecule has 1 atom stereocenters. The zero-order valence-electron chi connectivity index (χ0n) is 14.3. The largest absolute Gasteiger partial charge is 0.342 e. The maximum atomic E-state index is 12.8. The van der Waals surface area contributed by atoms with Gasteiger partial charge in [-0.05, 0) is 45.1 Å². The fourth-order valence-electron chi connectivity index (χ4n) is 4.20. The number of hydrogen-bond donors (Lipinski definition) is 0. The van der Waals surface area contributed by atoms with Crippen molar-refractivity contribution < 1.29 is 9.59 Å². The molecule has 0 spiro atoms. The van der Waals surface area contributed by atoms with E-state index in [1.54, 1.807) is 0 Å². The van der Waals surface area contributed by atoms with Crippen LogP contribution in [-0.4, -0.2) is 71.8 Å². The minimum absolute atomic E-state index is 0.0576. The van der Waals surface area contributed by atoms with Crippen LogP contribution >= 0.6 is 0 Å². The van der Waals surface area contributed by atoms with E-state index in [2.05, 4.69) is 4.90 Å². The van der Waals surface area contributed by atoms with Crippen LogP contribution in [0.1, 0.15) is 57.8 Å². The van der Waals surface area contributed by atoms with Crippen molar-refractivity contribution in [2.45, 2.75) is 63.8 Å². The first kappa shape index (κ1) is 16.7. The Labute approximate surface area is 140 Å². The standard InChI is InChI=1S/C18H31N3O2/c22-17(19-10-4-1-2-5-11-19)15-21-14-6-3-9-16(21)18(23)20-12-7-8-13-20/h16H,1-15H2/t16-/m0/s1. The van der Waals surface area contributed by atoms with Gasteiger partial charge in [-0.2, -0.15) is 0 Å². The van der Waals surface area contributed by atoms with Gasteiger partial charge in [0.1, 0.15) is 0 Å². The van der Waals surface area contributed by atoms with Gasteiger partial charge in [0, 0.05) is 26.2 Å². The van der Waals surface area contributed by atoms with E-state index in [4.69, 9.17) is 0 Å². The Morgan fingerprint density at radius 1 is 0.696 bits per heavy atom. The summed E-state index contributed by atoms with van der Waals surface area (Å²) in [7, 11) is 0. The quantitative estimate of drug-likeness (QED) is 0.797. The van der Waals surface area contributed by atoms with Gasteiger partial charge in [-0.15, -0.1) is 0 Å². The van der Waals surface area contributed by atoms with Crippen LogP contribution in [0, 0.1) is 0 Å². The van der Waals surface area contributed by atoms with Crippen molar-refractivity contribution in [1.82, 2.24) is 14.7 Å². The van der Waals surface area contributed by atoms with E-state index < -0.39 is 0 Å². The maximum Gasteiger partial charge on any atom is 0.239 e. The molecular weight excluding hydrogens is 290 g/mol. The van der Waals surface area contributed by atoms with Gasteiger partial charge in [0.15, 0.2) is 0 Å². The zero-order chi connectivity index (χ0) is 16.1. The normalized spacial score (nSPS) is 27.0. The van der Waals surface area contributed by atoms with Crippen LogP contribution in [0.25, 0.3) is 0 Å². The van der Waals surface area contributed by atoms with Gasteiger partial charge in [0.05, 0.1) is 12.6 Å². The van der Waals surface area contributed by atoms with Gasteiger partial charge >= 0.3 is 0 Å². The monoisotopic (exact) mass is 321 g/mol. The molecule has 0 radical (unpaired) electrons. The molecule has 0 aromatic rings. The van der Waals surface area contributed by atoms with E-state index in [1.807, 2.05) is 9.80 Å². The maximum absolute atomic E-state index is 12.8. The molecule has 3 fully saturated rings. The molecule has 0 bridgehead atoms. The Bertz CT molecular complexity index is 412. The van der Waals surface area contributed by atoms with Crippen molar-refractivity contribution >= 4 is 11.8 Å². The molecule has 0 aliphatic carbocycles. The van der Waals surface area contributed by atoms with Crippen LogP contribution in [0.15, 0.2) is 0 Å². The molecule has 5 nitrogen and oxygen atoms in total. The smallest absolute Gasteiger partial charge is 0.239 e. The molecule has 3 rings (SSSR count). The van der Waals surface area contributed by atoms with Crippen molar-refractivity contribution in [2.24, 2.45) is 0 Å². The van der Waals surface area contributed by atoms with E-state index in [-0.39, 0.29) is 17.9 Å². The van der Waals surface area contributed by atoms with Crippen molar-refractivity contribution in [3.63, 3.8) is 0 Å². The van der Waals surface area contributed by atoms with Crippen LogP contribution in [0.5, 0.6) is 0 Å². The average molecular weight is 321 g/mol. The second-order valence-electron chi connectivity index (χ2n) is 7.31. The summed E-state index contributed by atoms with van der Waals surface area (Å²) in [5.74, 6) is 0.499. The molecule has 0 saturated carbocycles. The van der Waals surface area contributed by atoms with Crippen LogP contribution in [0.3, 0.4) is 0 Å². The van der Waals surface area contributed by atoms with Gasteiger partial charge in [0.25, 0.3) is 0 Å². The predicted octanol–water partition coefficient (Wildman–Crippen LogP) is 1.87. The Kier molecular flexibility index (Phi) is 5.92. The van der Waals surface area contributed by atoms with Gasteiger partial charge < -0.3 is 9.80 Å². The van der Waals surface area contributed by atoms with Crippen LogP contribution < -0.4 is 0 Å². The summed E-state index contributed by atoms with van der Waals surface area (Å²) in [6.45, 7) is 4.94. The number of amides is 2. The highest BCUT2D eigenvalue weighted by atomic mass is 16.2. The number of rotatable bonds is 3. The topological polar surface area (TPSA) is 43.9 Å². The summed E-state index contributed by atoms with van der Waals surface area (Å²) in [5, 5.41) is 0. The molecular formula is C18H31N3O2. The zero-order valence-corrected chi connectivity index (χ0v) is 14.3. The molecule has 0 aromatic carbocycles. The van der Waals surface area contributed by atoms with Crippen molar-refractivity contribution in [2.75, 3.05) is 39.3 Å². The van der Waals surface area contributed by atoms with Gasteiger partial charge in [-0.1, -0.05) is 19.3 Å². The molecule has 130 valence electrons. The first-order chi connectivity index (χ1) is 11.3. The van der Waals surface area contributed by atoms with Gasteiger partial charge in [0.2, 0.25) is 11.8 Å². The fourth-order valence-corrected chi connectivity index (χ4v) is 4.20. The SMILES string of the molecule is O=C(CN1CCCC[C@H]1C(=O)N1CCCC1)N1CCCCCC1. The fraction of sp³-hybridized carbons (Fsp3) is 0.889. The lowest BCUT2D eigenvalue weighted by Crippen LogP contribution is -2.53. The van der Waals surface area contributed by atoms with E-state index in [9.17, 15) is 9.59 Å². The minimum atomic E-state index is -0.0576. The molecule has 2 amide bonds. The Balaban J connectivity index is 1.59. The van der Waals surface area contributed by atoms with Crippen molar-refractivity contribution in [3.05, 3.63) is 0 Å². The van der Waals surface area contributed by atoms with Crippen molar-refractivity contribution in [1.29, 1.82) is 0 Å². The van der Waals surface area contributed by atoms with Gasteiger partial charge in [-0.3, -0.25) is 14.5 Å². The second kappa shape index (κ2) is 8.13. The highest BCUT2D eigenvalue weighted by Crippen LogP contribution is 2.21. The van der Waals surface area contributed by atoms with E-state index in [0.717, 1.165) is 77.7 Å². The molecule has 0 aromatic heterocycles. The lowest BCUT2D eigenvalue weighted by Gasteiger charge is -2.37. The summed E-state index contributed by atoms with van der Waals surface area (Å²) in [5.41, 5.74) is 0. The third-order valence-corrected chi connectivity index (χ3v) is 5.61. The van der Waals surface area contributed by atoms with E-state index in [1.165, 1.54) is 12.8 Å². The number of carbonyl (C=O) groups is 2. The molecule has 5 heteroatoms. The third-order valence-electron chi connectivity index (χ3n) is 5.61. The Hall–Kier alpha value is -1.10. The van der Waals surface area contributed by atoms with E-state index in [0.29, 0.717) is 6.54 Å². The molecule has 3 aliphatic rings. The first-order valence-electron chi connectivity index (χ1n) is 9.56. The number of piperidine rings is 1. The number of nitrogens with zero attached hydrogens (tertiary/aromatic N) is 3. The summed E-state index contributed by atoms with van der Waals surface area (Å²) in [6.07, 6.45) is 10.1. The molecule has 0 unspecified atom stereocenters. The van der Waals surface area contributed by atoms with Gasteiger partial charge in [-0.25, -0.2) is 0 Å². The second-order valence-corrected chi connectivity index (χ2v) is 7.31. The predicted molar refractivity (Wildman–Crippen MR) is 90.1 cm³/mol. The number of likely N-dealkylation sites (tertiary alicyclic amines) is 3. The molecule has 23 heavy (non-hydrogen) atoms. The van der Waals surface area contributed by atoms with Crippen LogP contribution in [0.4, 0.5) is 0 Å². The molecule has 3 saturated heterocycles. The summed E-state index contributed by atoms with van der Waals surface area (Å²) in [4.78, 5) is 31.7. The highest BCUT2D eigenvalue weighted by Gasteiger charge is 2.34. The highest BCUT2D eigenvalue weighted by molar-refractivity contribution is 5.84. The molecule has 3 heterocycles. The summed E-state index contributed by atoms with van der Waals surface area (Å²) < 4.78 is 0. The van der Waals surface area contributed by atoms with Crippen LogP contribution in [-0.2, 0) is 9.59 Å². The summed E-state index contributed by atoms with van der Waals surface area (Å²) >= 11 is 0. The lowest BCUT2D eigenvalue weighted by atomic mass is 10.0.